The van der Waals surface area contributed by atoms with Gasteiger partial charge in [0, 0.05) is 11.0 Å². The van der Waals surface area contributed by atoms with Gasteiger partial charge in [0.2, 0.25) is 0 Å². The number of halogens is 1. The minimum atomic E-state index is -0.259. The number of aldehydes is 1. The van der Waals surface area contributed by atoms with E-state index in [-0.39, 0.29) is 5.41 Å². The van der Waals surface area contributed by atoms with Crippen molar-refractivity contribution < 1.29 is 4.79 Å². The molecule has 9 heavy (non-hydrogen) atoms. The van der Waals surface area contributed by atoms with E-state index in [0.29, 0.717) is 6.42 Å². The SMILES string of the molecule is CC(C)(C=O)CC=CCl. The monoisotopic (exact) mass is 146 g/mol. The highest BCUT2D eigenvalue weighted by Crippen LogP contribution is 2.16. The minimum Gasteiger partial charge on any atom is -0.303 e. The number of carbonyl (C=O) groups excluding carboxylic acids is 1. The van der Waals surface area contributed by atoms with Gasteiger partial charge in [-0.05, 0) is 6.42 Å². The van der Waals surface area contributed by atoms with Gasteiger partial charge in [0.05, 0.1) is 0 Å². The van der Waals surface area contributed by atoms with Crippen LogP contribution in [0.1, 0.15) is 20.3 Å². The predicted octanol–water partition coefficient (Wildman–Crippen LogP) is 2.35. The molecule has 0 aromatic heterocycles. The van der Waals surface area contributed by atoms with Crippen molar-refractivity contribution in [3.63, 3.8) is 0 Å². The van der Waals surface area contributed by atoms with Crippen LogP contribution in [0.3, 0.4) is 0 Å². The van der Waals surface area contributed by atoms with E-state index in [1.807, 2.05) is 13.8 Å². The normalized spacial score (nSPS) is 12.3. The molecule has 1 nitrogen and oxygen atoms in total. The Kier molecular flexibility index (Phi) is 3.55. The molecule has 0 heterocycles. The summed E-state index contributed by atoms with van der Waals surface area (Å²) in [6.45, 7) is 3.74. The first-order chi connectivity index (χ1) is 4.12. The summed E-state index contributed by atoms with van der Waals surface area (Å²) in [7, 11) is 0. The summed E-state index contributed by atoms with van der Waals surface area (Å²) in [5, 5.41) is 0. The van der Waals surface area contributed by atoms with E-state index in [9.17, 15) is 4.79 Å². The molecule has 0 aliphatic carbocycles. The van der Waals surface area contributed by atoms with Crippen molar-refractivity contribution in [2.24, 2.45) is 5.41 Å². The highest BCUT2D eigenvalue weighted by atomic mass is 35.5. The van der Waals surface area contributed by atoms with Crippen LogP contribution in [0.4, 0.5) is 0 Å². The van der Waals surface area contributed by atoms with Gasteiger partial charge in [0.15, 0.2) is 0 Å². The van der Waals surface area contributed by atoms with Crippen molar-refractivity contribution in [2.75, 3.05) is 0 Å². The highest BCUT2D eigenvalue weighted by molar-refractivity contribution is 6.25. The molecular formula is C7H11ClO. The second kappa shape index (κ2) is 3.67. The average Bonchev–Trinajstić information content (AvgIpc) is 1.84. The molecule has 0 aromatic carbocycles. The lowest BCUT2D eigenvalue weighted by Crippen LogP contribution is -2.10. The first-order valence-corrected chi connectivity index (χ1v) is 3.27. The topological polar surface area (TPSA) is 17.1 Å². The van der Waals surface area contributed by atoms with E-state index in [0.717, 1.165) is 6.29 Å². The van der Waals surface area contributed by atoms with Gasteiger partial charge >= 0.3 is 0 Å². The molecule has 0 saturated carbocycles. The van der Waals surface area contributed by atoms with Crippen LogP contribution in [0.5, 0.6) is 0 Å². The third kappa shape index (κ3) is 4.22. The first kappa shape index (κ1) is 8.70. The summed E-state index contributed by atoms with van der Waals surface area (Å²) < 4.78 is 0. The maximum absolute atomic E-state index is 10.3. The van der Waals surface area contributed by atoms with Gasteiger partial charge in [0.25, 0.3) is 0 Å². The Balaban J connectivity index is 3.71. The Hall–Kier alpha value is -0.300. The lowest BCUT2D eigenvalue weighted by molar-refractivity contribution is -0.114. The van der Waals surface area contributed by atoms with E-state index in [1.54, 1.807) is 6.08 Å². The van der Waals surface area contributed by atoms with Gasteiger partial charge < -0.3 is 4.79 Å². The molecule has 0 bridgehead atoms. The maximum Gasteiger partial charge on any atom is 0.125 e. The summed E-state index contributed by atoms with van der Waals surface area (Å²) in [4.78, 5) is 10.3. The van der Waals surface area contributed by atoms with Gasteiger partial charge in [-0.2, -0.15) is 0 Å². The van der Waals surface area contributed by atoms with Crippen molar-refractivity contribution in [1.82, 2.24) is 0 Å². The largest absolute Gasteiger partial charge is 0.303 e. The van der Waals surface area contributed by atoms with Crippen LogP contribution in [0.15, 0.2) is 11.6 Å². The standard InChI is InChI=1S/C7H11ClO/c1-7(2,6-9)4-3-5-8/h3,5-6H,4H2,1-2H3. The average molecular weight is 147 g/mol. The summed E-state index contributed by atoms with van der Waals surface area (Å²) in [5.41, 5.74) is 1.18. The Morgan fingerprint density at radius 3 is 2.44 bits per heavy atom. The summed E-state index contributed by atoms with van der Waals surface area (Å²) >= 11 is 5.27. The second-order valence-electron chi connectivity index (χ2n) is 2.67. The third-order valence-electron chi connectivity index (χ3n) is 1.05. The Morgan fingerprint density at radius 2 is 2.11 bits per heavy atom. The van der Waals surface area contributed by atoms with Crippen LogP contribution < -0.4 is 0 Å². The van der Waals surface area contributed by atoms with Gasteiger partial charge in [-0.3, -0.25) is 0 Å². The number of hydrogen-bond acceptors (Lipinski definition) is 1. The van der Waals surface area contributed by atoms with E-state index in [1.165, 1.54) is 5.54 Å². The second-order valence-corrected chi connectivity index (χ2v) is 2.92. The van der Waals surface area contributed by atoms with E-state index in [4.69, 9.17) is 11.6 Å². The quantitative estimate of drug-likeness (QED) is 0.559. The lowest BCUT2D eigenvalue weighted by Gasteiger charge is -2.11. The van der Waals surface area contributed by atoms with Crippen LogP contribution in [0.2, 0.25) is 0 Å². The molecule has 0 spiro atoms. The molecule has 52 valence electrons. The van der Waals surface area contributed by atoms with Crippen molar-refractivity contribution in [3.8, 4) is 0 Å². The molecule has 0 fully saturated rings. The highest BCUT2D eigenvalue weighted by Gasteiger charge is 2.12. The Labute approximate surface area is 60.7 Å². The Bertz CT molecular complexity index is 116. The summed E-state index contributed by atoms with van der Waals surface area (Å²) in [6, 6.07) is 0. The smallest absolute Gasteiger partial charge is 0.125 e. The molecule has 0 saturated heterocycles. The van der Waals surface area contributed by atoms with Crippen molar-refractivity contribution >= 4 is 17.9 Å². The molecule has 0 aromatic rings. The fraction of sp³-hybridized carbons (Fsp3) is 0.571. The van der Waals surface area contributed by atoms with E-state index >= 15 is 0 Å². The van der Waals surface area contributed by atoms with E-state index in [2.05, 4.69) is 0 Å². The fourth-order valence-electron chi connectivity index (χ4n) is 0.396. The molecular weight excluding hydrogens is 136 g/mol. The van der Waals surface area contributed by atoms with Gasteiger partial charge in [-0.1, -0.05) is 31.5 Å². The molecule has 0 aliphatic heterocycles. The van der Waals surface area contributed by atoms with Gasteiger partial charge in [0.1, 0.15) is 6.29 Å². The molecule has 0 N–H and O–H groups in total. The molecule has 0 unspecified atom stereocenters. The van der Waals surface area contributed by atoms with Crippen LogP contribution in [-0.4, -0.2) is 6.29 Å². The zero-order valence-electron chi connectivity index (χ0n) is 5.73. The number of hydrogen-bond donors (Lipinski definition) is 0. The number of allylic oxidation sites excluding steroid dienone is 1. The third-order valence-corrected chi connectivity index (χ3v) is 1.23. The predicted molar refractivity (Wildman–Crippen MR) is 39.5 cm³/mol. The zero-order chi connectivity index (χ0) is 7.33. The summed E-state index contributed by atoms with van der Waals surface area (Å²) in [5.74, 6) is 0. The zero-order valence-corrected chi connectivity index (χ0v) is 6.48. The van der Waals surface area contributed by atoms with Crippen LogP contribution in [0.25, 0.3) is 0 Å². The lowest BCUT2D eigenvalue weighted by atomic mass is 9.92. The number of carbonyl (C=O) groups is 1. The molecule has 0 aliphatic rings. The minimum absolute atomic E-state index is 0.259. The molecule has 0 atom stereocenters. The van der Waals surface area contributed by atoms with Crippen molar-refractivity contribution in [1.29, 1.82) is 0 Å². The van der Waals surface area contributed by atoms with Crippen LogP contribution >= 0.6 is 11.6 Å². The summed E-state index contributed by atoms with van der Waals surface area (Å²) in [6.07, 6.45) is 3.42. The Morgan fingerprint density at radius 1 is 1.56 bits per heavy atom. The van der Waals surface area contributed by atoms with Gasteiger partial charge in [-0.15, -0.1) is 0 Å². The van der Waals surface area contributed by atoms with Crippen LogP contribution in [0, 0.1) is 5.41 Å². The molecule has 2 heteroatoms. The fourth-order valence-corrected chi connectivity index (χ4v) is 0.485. The first-order valence-electron chi connectivity index (χ1n) is 2.84. The van der Waals surface area contributed by atoms with Crippen molar-refractivity contribution in [3.05, 3.63) is 11.6 Å². The van der Waals surface area contributed by atoms with Gasteiger partial charge in [-0.25, -0.2) is 0 Å². The molecule has 0 rings (SSSR count). The van der Waals surface area contributed by atoms with Crippen molar-refractivity contribution in [2.45, 2.75) is 20.3 Å². The maximum atomic E-state index is 10.3. The van der Waals surface area contributed by atoms with E-state index < -0.39 is 0 Å². The molecule has 0 radical (unpaired) electrons. The number of rotatable bonds is 3. The van der Waals surface area contributed by atoms with Crippen LogP contribution in [-0.2, 0) is 4.79 Å². The molecule has 0 amide bonds.